The molecule has 0 aliphatic carbocycles. The summed E-state index contributed by atoms with van der Waals surface area (Å²) in [5, 5.41) is 7.34. The quantitative estimate of drug-likeness (QED) is 0.911. The van der Waals surface area contributed by atoms with Crippen LogP contribution < -0.4 is 5.32 Å². The van der Waals surface area contributed by atoms with Gasteiger partial charge in [-0.25, -0.2) is 9.07 Å². The van der Waals surface area contributed by atoms with Crippen LogP contribution in [0.3, 0.4) is 0 Å². The van der Waals surface area contributed by atoms with E-state index in [0.29, 0.717) is 12.1 Å². The van der Waals surface area contributed by atoms with Gasteiger partial charge in [0, 0.05) is 23.9 Å². The Balaban J connectivity index is 2.07. The minimum absolute atomic E-state index is 0.0267. The van der Waals surface area contributed by atoms with Gasteiger partial charge in [-0.05, 0) is 26.3 Å². The molecule has 1 aliphatic heterocycles. The fourth-order valence-electron chi connectivity index (χ4n) is 2.76. The molecule has 0 bridgehead atoms. The van der Waals surface area contributed by atoms with E-state index in [0.717, 1.165) is 23.4 Å². The highest BCUT2D eigenvalue weighted by molar-refractivity contribution is 5.78. The van der Waals surface area contributed by atoms with Crippen LogP contribution in [-0.4, -0.2) is 20.7 Å². The largest absolute Gasteiger partial charge is 0.349 e. The number of amides is 1. The zero-order chi connectivity index (χ0) is 14.3. The first-order valence-corrected chi connectivity index (χ1v) is 6.53. The molecule has 1 saturated heterocycles. The number of carbonyl (C=O) groups excluding carboxylic acids is 1. The van der Waals surface area contributed by atoms with Crippen molar-refractivity contribution < 1.29 is 9.18 Å². The maximum absolute atomic E-state index is 13.8. The molecule has 5 nitrogen and oxygen atoms in total. The van der Waals surface area contributed by atoms with Crippen molar-refractivity contribution in [2.24, 2.45) is 0 Å². The maximum Gasteiger partial charge on any atom is 0.220 e. The van der Waals surface area contributed by atoms with Gasteiger partial charge in [0.25, 0.3) is 0 Å². The van der Waals surface area contributed by atoms with E-state index >= 15 is 0 Å². The highest BCUT2D eigenvalue weighted by Crippen LogP contribution is 2.30. The summed E-state index contributed by atoms with van der Waals surface area (Å²) in [4.78, 5) is 15.1. The van der Waals surface area contributed by atoms with Gasteiger partial charge < -0.3 is 5.32 Å². The number of aryl methyl sites for hydroxylation is 1. The third-order valence-electron chi connectivity index (χ3n) is 3.67. The van der Waals surface area contributed by atoms with Crippen LogP contribution in [0, 0.1) is 19.7 Å². The number of hydrogen-bond acceptors (Lipinski definition) is 3. The monoisotopic (exact) mass is 274 g/mol. The molecule has 20 heavy (non-hydrogen) atoms. The van der Waals surface area contributed by atoms with Crippen molar-refractivity contribution in [3.05, 3.63) is 41.2 Å². The number of hydrogen-bond donors (Lipinski definition) is 1. The van der Waals surface area contributed by atoms with Crippen molar-refractivity contribution in [2.75, 3.05) is 0 Å². The van der Waals surface area contributed by atoms with E-state index in [-0.39, 0.29) is 11.9 Å². The lowest BCUT2D eigenvalue weighted by Crippen LogP contribution is -2.19. The molecule has 1 fully saturated rings. The Morgan fingerprint density at radius 2 is 2.25 bits per heavy atom. The number of carbonyl (C=O) groups is 1. The molecule has 0 saturated carbocycles. The summed E-state index contributed by atoms with van der Waals surface area (Å²) in [6.45, 7) is 3.77. The number of nitrogens with zero attached hydrogens (tertiary/aromatic N) is 3. The zero-order valence-electron chi connectivity index (χ0n) is 11.4. The van der Waals surface area contributed by atoms with Crippen molar-refractivity contribution >= 4 is 5.91 Å². The molecule has 1 N–H and O–H groups in total. The molecular formula is C14H15FN4O. The van der Waals surface area contributed by atoms with Gasteiger partial charge in [0.2, 0.25) is 5.91 Å². The Bertz CT molecular complexity index is 680. The molecular weight excluding hydrogens is 259 g/mol. The molecule has 6 heteroatoms. The number of halogens is 1. The maximum atomic E-state index is 13.8. The molecule has 3 heterocycles. The molecule has 0 unspecified atom stereocenters. The van der Waals surface area contributed by atoms with Gasteiger partial charge >= 0.3 is 0 Å². The molecule has 104 valence electrons. The summed E-state index contributed by atoms with van der Waals surface area (Å²) >= 11 is 0. The molecule has 1 atom stereocenters. The van der Waals surface area contributed by atoms with Crippen molar-refractivity contribution in [3.8, 4) is 5.69 Å². The Hall–Kier alpha value is -2.24. The molecule has 2 aromatic heterocycles. The van der Waals surface area contributed by atoms with Crippen molar-refractivity contribution in [3.63, 3.8) is 0 Å². The predicted octanol–water partition coefficient (Wildman–Crippen LogP) is 1.97. The Labute approximate surface area is 115 Å². The second kappa shape index (κ2) is 4.70. The molecule has 0 spiro atoms. The van der Waals surface area contributed by atoms with Crippen LogP contribution in [0.1, 0.15) is 35.8 Å². The van der Waals surface area contributed by atoms with E-state index in [1.54, 1.807) is 10.7 Å². The lowest BCUT2D eigenvalue weighted by atomic mass is 10.0. The molecule has 2 aromatic rings. The van der Waals surface area contributed by atoms with Crippen LogP contribution in [0.15, 0.2) is 18.5 Å². The van der Waals surface area contributed by atoms with Crippen molar-refractivity contribution in [2.45, 2.75) is 32.7 Å². The summed E-state index contributed by atoms with van der Waals surface area (Å²) in [6, 6.07) is 1.56. The van der Waals surface area contributed by atoms with Gasteiger partial charge in [0.15, 0.2) is 5.82 Å². The average molecular weight is 274 g/mol. The Morgan fingerprint density at radius 1 is 1.45 bits per heavy atom. The molecule has 1 aliphatic rings. The van der Waals surface area contributed by atoms with Crippen LogP contribution in [0.2, 0.25) is 0 Å². The molecule has 3 rings (SSSR count). The lowest BCUT2D eigenvalue weighted by molar-refractivity contribution is -0.119. The fraction of sp³-hybridized carbons (Fsp3) is 0.357. The first-order chi connectivity index (χ1) is 9.58. The summed E-state index contributed by atoms with van der Waals surface area (Å²) in [5.41, 5.74) is 3.01. The highest BCUT2D eigenvalue weighted by Gasteiger charge is 2.28. The van der Waals surface area contributed by atoms with Crippen molar-refractivity contribution in [1.82, 2.24) is 20.1 Å². The summed E-state index contributed by atoms with van der Waals surface area (Å²) in [7, 11) is 0. The van der Waals surface area contributed by atoms with Gasteiger partial charge in [-0.2, -0.15) is 5.10 Å². The topological polar surface area (TPSA) is 59.8 Å². The average Bonchev–Trinajstić information content (AvgIpc) is 2.94. The summed E-state index contributed by atoms with van der Waals surface area (Å²) < 4.78 is 15.4. The Kier molecular flexibility index (Phi) is 3.00. The van der Waals surface area contributed by atoms with E-state index in [2.05, 4.69) is 15.4 Å². The fourth-order valence-corrected chi connectivity index (χ4v) is 2.76. The van der Waals surface area contributed by atoms with Crippen LogP contribution in [-0.2, 0) is 4.79 Å². The van der Waals surface area contributed by atoms with Gasteiger partial charge in [-0.15, -0.1) is 0 Å². The van der Waals surface area contributed by atoms with E-state index in [1.165, 1.54) is 12.4 Å². The normalized spacial score (nSPS) is 18.4. The molecule has 0 radical (unpaired) electrons. The number of pyridine rings is 1. The van der Waals surface area contributed by atoms with Crippen molar-refractivity contribution in [1.29, 1.82) is 0 Å². The van der Waals surface area contributed by atoms with E-state index in [1.807, 2.05) is 13.8 Å². The Morgan fingerprint density at radius 3 is 2.90 bits per heavy atom. The zero-order valence-corrected chi connectivity index (χ0v) is 11.4. The van der Waals surface area contributed by atoms with Crippen LogP contribution in [0.4, 0.5) is 4.39 Å². The summed E-state index contributed by atoms with van der Waals surface area (Å²) in [6.07, 6.45) is 3.98. The van der Waals surface area contributed by atoms with Gasteiger partial charge in [0.05, 0.1) is 17.9 Å². The lowest BCUT2D eigenvalue weighted by Gasteiger charge is -2.11. The van der Waals surface area contributed by atoms with Crippen LogP contribution >= 0.6 is 0 Å². The van der Waals surface area contributed by atoms with Gasteiger partial charge in [-0.1, -0.05) is 0 Å². The predicted molar refractivity (Wildman–Crippen MR) is 70.9 cm³/mol. The third kappa shape index (κ3) is 1.97. The SMILES string of the molecule is Cc1nn(-c2ccncc2F)c(C)c1[C@@H]1CCC(=O)N1. The molecule has 1 amide bonds. The molecule has 0 aromatic carbocycles. The standard InChI is InChI=1S/C14H15FN4O/c1-8-14(11-3-4-13(20)17-11)9(2)19(18-8)12-5-6-16-7-10(12)15/h5-7,11H,3-4H2,1-2H3,(H,17,20)/t11-/m0/s1. The summed E-state index contributed by atoms with van der Waals surface area (Å²) in [5.74, 6) is -0.364. The second-order valence-electron chi connectivity index (χ2n) is 4.98. The van der Waals surface area contributed by atoms with E-state index in [9.17, 15) is 9.18 Å². The van der Waals surface area contributed by atoms with E-state index in [4.69, 9.17) is 0 Å². The second-order valence-corrected chi connectivity index (χ2v) is 4.98. The van der Waals surface area contributed by atoms with Crippen LogP contribution in [0.25, 0.3) is 5.69 Å². The highest BCUT2D eigenvalue weighted by atomic mass is 19.1. The smallest absolute Gasteiger partial charge is 0.220 e. The van der Waals surface area contributed by atoms with Gasteiger partial charge in [-0.3, -0.25) is 9.78 Å². The number of aromatic nitrogens is 3. The van der Waals surface area contributed by atoms with Gasteiger partial charge in [0.1, 0.15) is 5.69 Å². The number of rotatable bonds is 2. The first kappa shape index (κ1) is 12.8. The minimum Gasteiger partial charge on any atom is -0.349 e. The van der Waals surface area contributed by atoms with E-state index < -0.39 is 5.82 Å². The number of nitrogens with one attached hydrogen (secondary N) is 1. The van der Waals surface area contributed by atoms with Crippen LogP contribution in [0.5, 0.6) is 0 Å². The minimum atomic E-state index is -0.417. The third-order valence-corrected chi connectivity index (χ3v) is 3.67. The first-order valence-electron chi connectivity index (χ1n) is 6.53.